The van der Waals surface area contributed by atoms with Gasteiger partial charge in [0.1, 0.15) is 11.9 Å². The highest BCUT2D eigenvalue weighted by Crippen LogP contribution is 2.53. The first-order valence-electron chi connectivity index (χ1n) is 12.9. The third-order valence-corrected chi connectivity index (χ3v) is 7.71. The number of Topliss-reactive ketones (excluding diaryl/α,β-unsaturated/α-hetero) is 1. The van der Waals surface area contributed by atoms with Gasteiger partial charge < -0.3 is 19.5 Å². The van der Waals surface area contributed by atoms with Gasteiger partial charge in [0.25, 0.3) is 0 Å². The first kappa shape index (κ1) is 26.9. The number of carbonyl (C=O) groups excluding carboxylic acids is 2. The van der Waals surface area contributed by atoms with E-state index in [1.807, 2.05) is 6.07 Å². The minimum absolute atomic E-state index is 0.270. The van der Waals surface area contributed by atoms with Crippen molar-refractivity contribution in [2.24, 2.45) is 11.8 Å². The van der Waals surface area contributed by atoms with Crippen molar-refractivity contribution in [2.75, 3.05) is 14.2 Å². The number of benzene rings is 3. The van der Waals surface area contributed by atoms with Gasteiger partial charge >= 0.3 is 5.97 Å². The number of hydrogen-bond acceptors (Lipinski definition) is 6. The lowest BCUT2D eigenvalue weighted by Crippen LogP contribution is -2.44. The molecule has 0 aromatic heterocycles. The zero-order valence-corrected chi connectivity index (χ0v) is 21.9. The molecule has 1 amide bonds. The molecule has 8 nitrogen and oxygen atoms in total. The van der Waals surface area contributed by atoms with E-state index >= 15 is 0 Å². The average molecular weight is 543 g/mol. The lowest BCUT2D eigenvalue weighted by molar-refractivity contribution is -0.150. The minimum atomic E-state index is -1.38. The highest BCUT2D eigenvalue weighted by molar-refractivity contribution is 6.01. The number of carboxylic acid groups (broad SMARTS) is 1. The second kappa shape index (κ2) is 10.8. The van der Waals surface area contributed by atoms with Crippen LogP contribution >= 0.6 is 0 Å². The van der Waals surface area contributed by atoms with Gasteiger partial charge in [-0.15, -0.1) is 0 Å². The van der Waals surface area contributed by atoms with Crippen LogP contribution in [0.3, 0.4) is 0 Å². The predicted molar refractivity (Wildman–Crippen MR) is 141 cm³/mol. The molecular formula is C31H27FN2O6. The van der Waals surface area contributed by atoms with Crippen molar-refractivity contribution < 1.29 is 33.4 Å². The fourth-order valence-corrected chi connectivity index (χ4v) is 5.69. The molecule has 1 N–H and O–H groups in total. The van der Waals surface area contributed by atoms with Gasteiger partial charge in [-0.25, -0.2) is 9.18 Å². The normalized spacial score (nSPS) is 21.9. The molecule has 4 atom stereocenters. The Hall–Kier alpha value is -4.71. The number of rotatable bonds is 8. The molecule has 1 saturated carbocycles. The number of nitriles is 1. The number of ether oxygens (including phenoxy) is 2. The van der Waals surface area contributed by atoms with E-state index in [0.29, 0.717) is 41.0 Å². The quantitative estimate of drug-likeness (QED) is 0.409. The molecule has 3 aromatic rings. The Morgan fingerprint density at radius 2 is 1.55 bits per heavy atom. The number of halogens is 1. The zero-order chi connectivity index (χ0) is 28.6. The van der Waals surface area contributed by atoms with E-state index < -0.39 is 41.5 Å². The number of ketones is 1. The van der Waals surface area contributed by atoms with Gasteiger partial charge in [0.15, 0.2) is 17.3 Å². The van der Waals surface area contributed by atoms with Crippen LogP contribution in [0.1, 0.15) is 51.8 Å². The third-order valence-electron chi connectivity index (χ3n) is 7.71. The van der Waals surface area contributed by atoms with E-state index in [9.17, 15) is 29.1 Å². The summed E-state index contributed by atoms with van der Waals surface area (Å²) in [6, 6.07) is 16.1. The second-order valence-electron chi connectivity index (χ2n) is 10.0. The number of amides is 1. The summed E-state index contributed by atoms with van der Waals surface area (Å²) in [6.45, 7) is 0. The Morgan fingerprint density at radius 3 is 2.10 bits per heavy atom. The molecule has 3 aromatic carbocycles. The number of carbonyl (C=O) groups is 3. The van der Waals surface area contributed by atoms with Crippen LogP contribution in [-0.2, 0) is 9.59 Å². The van der Waals surface area contributed by atoms with Crippen LogP contribution in [-0.4, -0.2) is 47.9 Å². The van der Waals surface area contributed by atoms with Crippen molar-refractivity contribution in [3.8, 4) is 17.6 Å². The smallest absolute Gasteiger partial charge is 0.327 e. The summed E-state index contributed by atoms with van der Waals surface area (Å²) in [5.74, 6) is -4.07. The molecular weight excluding hydrogens is 515 g/mol. The monoisotopic (exact) mass is 542 g/mol. The van der Waals surface area contributed by atoms with Gasteiger partial charge in [-0.05, 0) is 60.4 Å². The van der Waals surface area contributed by atoms with E-state index in [1.165, 1.54) is 67.7 Å². The van der Waals surface area contributed by atoms with Crippen molar-refractivity contribution in [1.82, 2.24) is 4.90 Å². The molecule has 0 spiro atoms. The van der Waals surface area contributed by atoms with Gasteiger partial charge in [-0.2, -0.15) is 5.26 Å². The average Bonchev–Trinajstić information content (AvgIpc) is 3.77. The molecule has 1 heterocycles. The molecule has 2 aliphatic rings. The maximum atomic E-state index is 14.3. The third kappa shape index (κ3) is 4.77. The van der Waals surface area contributed by atoms with E-state index in [-0.39, 0.29) is 17.4 Å². The fraction of sp³-hybridized carbons (Fsp3) is 0.290. The van der Waals surface area contributed by atoms with Gasteiger partial charge in [0, 0.05) is 17.4 Å². The van der Waals surface area contributed by atoms with E-state index in [2.05, 4.69) is 0 Å². The standard InChI is InChI=1S/C31H27FN2O6/c1-39-23-14-11-21(15-24(23)40-2)25-26(29(35)19-5-3-17(16-33)4-6-19)27(18-9-12-22(32)13-10-18)34(28(25)31(37)38)30(36)20-7-8-20/h3-6,9-15,20,25-28H,7-8H2,1-2H3,(H,37,38). The molecule has 0 radical (unpaired) electrons. The first-order chi connectivity index (χ1) is 19.3. The molecule has 204 valence electrons. The summed E-state index contributed by atoms with van der Waals surface area (Å²) in [5, 5.41) is 19.8. The Labute approximate surface area is 230 Å². The van der Waals surface area contributed by atoms with E-state index in [4.69, 9.17) is 9.47 Å². The van der Waals surface area contributed by atoms with Crippen LogP contribution in [0.15, 0.2) is 66.7 Å². The topological polar surface area (TPSA) is 117 Å². The number of hydrogen-bond donors (Lipinski definition) is 1. The molecule has 1 aliphatic carbocycles. The Kier molecular flexibility index (Phi) is 7.26. The van der Waals surface area contributed by atoms with Gasteiger partial charge in [-0.3, -0.25) is 9.59 Å². The Balaban J connectivity index is 1.75. The van der Waals surface area contributed by atoms with Crippen LogP contribution < -0.4 is 9.47 Å². The maximum Gasteiger partial charge on any atom is 0.327 e. The summed E-state index contributed by atoms with van der Waals surface area (Å²) in [5.41, 5.74) is 1.57. The van der Waals surface area contributed by atoms with Crippen LogP contribution in [0.4, 0.5) is 4.39 Å². The lowest BCUT2D eigenvalue weighted by atomic mass is 9.76. The SMILES string of the molecule is COc1ccc(C2C(C(=O)c3ccc(C#N)cc3)C(c3ccc(F)cc3)N(C(=O)C3CC3)C2C(=O)O)cc1OC. The summed E-state index contributed by atoms with van der Waals surface area (Å²) in [4.78, 5) is 42.4. The van der Waals surface area contributed by atoms with E-state index in [0.717, 1.165) is 0 Å². The van der Waals surface area contributed by atoms with Gasteiger partial charge in [-0.1, -0.05) is 30.3 Å². The Morgan fingerprint density at radius 1 is 0.925 bits per heavy atom. The molecule has 1 aliphatic heterocycles. The summed E-state index contributed by atoms with van der Waals surface area (Å²) in [6.07, 6.45) is 1.26. The summed E-state index contributed by atoms with van der Waals surface area (Å²) < 4.78 is 24.8. The molecule has 5 rings (SSSR count). The fourth-order valence-electron chi connectivity index (χ4n) is 5.69. The molecule has 2 fully saturated rings. The number of methoxy groups -OCH3 is 2. The number of nitrogens with zero attached hydrogens (tertiary/aromatic N) is 2. The predicted octanol–water partition coefficient (Wildman–Crippen LogP) is 4.74. The number of likely N-dealkylation sites (tertiary alicyclic amines) is 1. The van der Waals surface area contributed by atoms with Crippen molar-refractivity contribution in [3.05, 3.63) is 94.8 Å². The Bertz CT molecular complexity index is 1490. The van der Waals surface area contributed by atoms with Crippen LogP contribution in [0.5, 0.6) is 11.5 Å². The highest BCUT2D eigenvalue weighted by atomic mass is 19.1. The second-order valence-corrected chi connectivity index (χ2v) is 10.0. The van der Waals surface area contributed by atoms with Crippen molar-refractivity contribution >= 4 is 17.7 Å². The lowest BCUT2D eigenvalue weighted by Gasteiger charge is -2.30. The molecule has 9 heteroatoms. The van der Waals surface area contributed by atoms with Crippen LogP contribution in [0, 0.1) is 29.0 Å². The molecule has 0 bridgehead atoms. The zero-order valence-electron chi connectivity index (χ0n) is 21.9. The van der Waals surface area contributed by atoms with Crippen LogP contribution in [0.25, 0.3) is 0 Å². The molecule has 40 heavy (non-hydrogen) atoms. The number of aliphatic carboxylic acids is 1. The van der Waals surface area contributed by atoms with Crippen molar-refractivity contribution in [1.29, 1.82) is 5.26 Å². The van der Waals surface area contributed by atoms with Crippen molar-refractivity contribution in [3.63, 3.8) is 0 Å². The maximum absolute atomic E-state index is 14.3. The van der Waals surface area contributed by atoms with Gasteiger partial charge in [0.05, 0.1) is 37.8 Å². The minimum Gasteiger partial charge on any atom is -0.493 e. The first-order valence-corrected chi connectivity index (χ1v) is 12.9. The van der Waals surface area contributed by atoms with Crippen molar-refractivity contribution in [2.45, 2.75) is 30.8 Å². The number of carboxylic acids is 1. The molecule has 4 unspecified atom stereocenters. The van der Waals surface area contributed by atoms with Gasteiger partial charge in [0.2, 0.25) is 5.91 Å². The molecule has 1 saturated heterocycles. The highest BCUT2D eigenvalue weighted by Gasteiger charge is 2.59. The van der Waals surface area contributed by atoms with Crippen LogP contribution in [0.2, 0.25) is 0 Å². The summed E-state index contributed by atoms with van der Waals surface area (Å²) >= 11 is 0. The largest absolute Gasteiger partial charge is 0.493 e. The van der Waals surface area contributed by atoms with E-state index in [1.54, 1.807) is 18.2 Å². The summed E-state index contributed by atoms with van der Waals surface area (Å²) in [7, 11) is 2.93.